The number of phenolic OH excluding ortho intramolecular Hbond substituents is 1. The number of hydrogen-bond donors (Lipinski definition) is 2. The lowest BCUT2D eigenvalue weighted by Gasteiger charge is -2.12. The molecule has 20 heavy (non-hydrogen) atoms. The maximum Gasteiger partial charge on any atom is 0.260 e. The number of aldehydes is 2. The minimum atomic E-state index is -0.730. The van der Waals surface area contributed by atoms with Crippen molar-refractivity contribution in [2.24, 2.45) is 0 Å². The summed E-state index contributed by atoms with van der Waals surface area (Å²) in [6.07, 6.45) is 1.37. The number of aromatic hydroxyl groups is 1. The molecule has 0 heterocycles. The lowest BCUT2D eigenvalue weighted by atomic mass is 10.1. The first kappa shape index (κ1) is 16.6. The molecule has 0 aliphatic rings. The number of hydrogen-bond acceptors (Lipinski definition) is 4. The normalized spacial score (nSPS) is 13.1. The molecule has 1 amide bonds. The number of rotatable bonds is 6. The van der Waals surface area contributed by atoms with Crippen LogP contribution >= 0.6 is 31.9 Å². The molecule has 0 aliphatic carbocycles. The van der Waals surface area contributed by atoms with Gasteiger partial charge in [0.25, 0.3) is 5.91 Å². The van der Waals surface area contributed by atoms with E-state index in [-0.39, 0.29) is 21.1 Å². The summed E-state index contributed by atoms with van der Waals surface area (Å²) in [5.74, 6) is -0.444. The van der Waals surface area contributed by atoms with Crippen LogP contribution in [0.4, 0.5) is 0 Å². The van der Waals surface area contributed by atoms with Gasteiger partial charge in [0.15, 0.2) is 6.29 Å². The number of carbonyl (C=O) groups is 3. The highest BCUT2D eigenvalue weighted by molar-refractivity contribution is 9.14. The maximum absolute atomic E-state index is 11.8. The fourth-order valence-electron chi connectivity index (χ4n) is 1.41. The van der Waals surface area contributed by atoms with E-state index in [1.165, 1.54) is 12.1 Å². The van der Waals surface area contributed by atoms with Crippen molar-refractivity contribution in [3.8, 4) is 5.75 Å². The Morgan fingerprint density at radius 2 is 1.85 bits per heavy atom. The zero-order valence-corrected chi connectivity index (χ0v) is 13.3. The lowest BCUT2D eigenvalue weighted by molar-refractivity contribution is -0.120. The van der Waals surface area contributed by atoms with Crippen molar-refractivity contribution in [3.05, 3.63) is 38.8 Å². The van der Waals surface area contributed by atoms with Crippen molar-refractivity contribution in [1.82, 2.24) is 5.32 Å². The molecule has 7 heteroatoms. The second kappa shape index (κ2) is 7.96. The SMILES string of the molecule is O=C/C(Br)=C(/Br)C(=O)NC(C=O)Cc1ccc(O)cc1. The predicted molar refractivity (Wildman–Crippen MR) is 80.7 cm³/mol. The van der Waals surface area contributed by atoms with E-state index in [0.717, 1.165) is 5.56 Å². The van der Waals surface area contributed by atoms with E-state index < -0.39 is 11.9 Å². The summed E-state index contributed by atoms with van der Waals surface area (Å²) in [5.41, 5.74) is 0.787. The Morgan fingerprint density at radius 1 is 1.25 bits per heavy atom. The molecule has 1 aromatic carbocycles. The Kier molecular flexibility index (Phi) is 6.60. The number of carbonyl (C=O) groups excluding carboxylic acids is 3. The number of phenols is 1. The summed E-state index contributed by atoms with van der Waals surface area (Å²) in [7, 11) is 0. The van der Waals surface area contributed by atoms with Crippen LogP contribution in [0.5, 0.6) is 5.75 Å². The van der Waals surface area contributed by atoms with Gasteiger partial charge in [-0.1, -0.05) is 12.1 Å². The van der Waals surface area contributed by atoms with Crippen LogP contribution in [0, 0.1) is 0 Å². The smallest absolute Gasteiger partial charge is 0.260 e. The maximum atomic E-state index is 11.8. The molecule has 0 radical (unpaired) electrons. The zero-order valence-electron chi connectivity index (χ0n) is 10.2. The van der Waals surface area contributed by atoms with Gasteiger partial charge in [-0.05, 0) is 56.0 Å². The van der Waals surface area contributed by atoms with E-state index in [9.17, 15) is 14.4 Å². The predicted octanol–water partition coefficient (Wildman–Crippen LogP) is 1.82. The van der Waals surface area contributed by atoms with Gasteiger partial charge in [0.05, 0.1) is 15.0 Å². The Labute approximate surface area is 132 Å². The van der Waals surface area contributed by atoms with Crippen LogP contribution in [0.2, 0.25) is 0 Å². The van der Waals surface area contributed by atoms with Crippen molar-refractivity contribution in [2.45, 2.75) is 12.5 Å². The zero-order chi connectivity index (χ0) is 15.1. The summed E-state index contributed by atoms with van der Waals surface area (Å²) in [4.78, 5) is 33.3. The van der Waals surface area contributed by atoms with Crippen LogP contribution in [-0.4, -0.2) is 29.6 Å². The van der Waals surface area contributed by atoms with E-state index in [1.807, 2.05) is 0 Å². The molecule has 0 saturated carbocycles. The summed E-state index contributed by atoms with van der Waals surface area (Å²) in [6.45, 7) is 0. The van der Waals surface area contributed by atoms with Crippen molar-refractivity contribution < 1.29 is 19.5 Å². The minimum absolute atomic E-state index is 0.0186. The van der Waals surface area contributed by atoms with E-state index in [2.05, 4.69) is 37.2 Å². The number of amides is 1. The molecule has 1 rings (SSSR count). The van der Waals surface area contributed by atoms with Gasteiger partial charge in [-0.15, -0.1) is 0 Å². The first-order valence-electron chi connectivity index (χ1n) is 5.52. The molecule has 0 aliphatic heterocycles. The van der Waals surface area contributed by atoms with Crippen molar-refractivity contribution >= 4 is 50.3 Å². The van der Waals surface area contributed by atoms with E-state index in [1.54, 1.807) is 12.1 Å². The summed E-state index contributed by atoms with van der Waals surface area (Å²) >= 11 is 5.88. The Hall–Kier alpha value is -1.47. The van der Waals surface area contributed by atoms with Crippen LogP contribution in [0.25, 0.3) is 0 Å². The molecule has 0 bridgehead atoms. The molecular weight excluding hydrogens is 394 g/mol. The van der Waals surface area contributed by atoms with Gasteiger partial charge in [-0.25, -0.2) is 0 Å². The number of nitrogens with one attached hydrogen (secondary N) is 1. The van der Waals surface area contributed by atoms with Crippen LogP contribution in [0.3, 0.4) is 0 Å². The van der Waals surface area contributed by atoms with Gasteiger partial charge < -0.3 is 15.2 Å². The Morgan fingerprint density at radius 3 is 2.35 bits per heavy atom. The fraction of sp³-hybridized carbons (Fsp3) is 0.154. The van der Waals surface area contributed by atoms with Crippen LogP contribution in [0.1, 0.15) is 5.56 Å². The molecule has 1 atom stereocenters. The van der Waals surface area contributed by atoms with E-state index >= 15 is 0 Å². The van der Waals surface area contributed by atoms with Gasteiger partial charge in [0, 0.05) is 0 Å². The topological polar surface area (TPSA) is 83.5 Å². The molecular formula is C13H11Br2NO4. The van der Waals surface area contributed by atoms with Gasteiger partial charge in [0.2, 0.25) is 0 Å². The second-order valence-electron chi connectivity index (χ2n) is 3.87. The van der Waals surface area contributed by atoms with E-state index in [4.69, 9.17) is 5.11 Å². The molecule has 0 aromatic heterocycles. The number of benzene rings is 1. The highest BCUT2D eigenvalue weighted by Gasteiger charge is 2.16. The largest absolute Gasteiger partial charge is 0.508 e. The molecule has 0 spiro atoms. The Balaban J connectivity index is 2.73. The Bertz CT molecular complexity index is 540. The molecule has 0 saturated heterocycles. The van der Waals surface area contributed by atoms with Crippen LogP contribution in [0.15, 0.2) is 33.2 Å². The lowest BCUT2D eigenvalue weighted by Crippen LogP contribution is -2.37. The first-order chi connectivity index (χ1) is 9.47. The minimum Gasteiger partial charge on any atom is -0.508 e. The highest BCUT2D eigenvalue weighted by atomic mass is 79.9. The molecule has 1 unspecified atom stereocenters. The quantitative estimate of drug-likeness (QED) is 0.559. The van der Waals surface area contributed by atoms with Gasteiger partial charge in [-0.3, -0.25) is 9.59 Å². The fourth-order valence-corrected chi connectivity index (χ4v) is 1.80. The third-order valence-corrected chi connectivity index (χ3v) is 4.29. The second-order valence-corrected chi connectivity index (χ2v) is 5.51. The molecule has 106 valence electrons. The summed E-state index contributed by atoms with van der Waals surface area (Å²) < 4.78 is 0.0781. The molecule has 1 aromatic rings. The highest BCUT2D eigenvalue weighted by Crippen LogP contribution is 2.16. The van der Waals surface area contributed by atoms with Crippen molar-refractivity contribution in [3.63, 3.8) is 0 Å². The summed E-state index contributed by atoms with van der Waals surface area (Å²) in [5, 5.41) is 11.6. The van der Waals surface area contributed by atoms with Crippen LogP contribution in [-0.2, 0) is 20.8 Å². The monoisotopic (exact) mass is 403 g/mol. The van der Waals surface area contributed by atoms with Gasteiger partial charge in [-0.2, -0.15) is 0 Å². The standard InChI is InChI=1S/C13H11Br2NO4/c14-11(7-18)12(15)13(20)16-9(6-17)5-8-1-3-10(19)4-2-8/h1-4,6-7,9,19H,5H2,(H,16,20)/b12-11-. The summed E-state index contributed by atoms with van der Waals surface area (Å²) in [6, 6.07) is 5.58. The third kappa shape index (κ3) is 4.90. The van der Waals surface area contributed by atoms with Gasteiger partial charge in [0.1, 0.15) is 12.0 Å². The average molecular weight is 405 g/mol. The number of halogens is 2. The molecule has 5 nitrogen and oxygen atoms in total. The van der Waals surface area contributed by atoms with Crippen LogP contribution < -0.4 is 5.32 Å². The number of allylic oxidation sites excluding steroid dienone is 1. The third-order valence-electron chi connectivity index (χ3n) is 2.39. The first-order valence-corrected chi connectivity index (χ1v) is 7.11. The molecule has 0 fully saturated rings. The van der Waals surface area contributed by atoms with Crippen molar-refractivity contribution in [1.29, 1.82) is 0 Å². The molecule has 2 N–H and O–H groups in total. The average Bonchev–Trinajstić information content (AvgIpc) is 2.46. The van der Waals surface area contributed by atoms with E-state index in [0.29, 0.717) is 12.6 Å². The van der Waals surface area contributed by atoms with Crippen molar-refractivity contribution in [2.75, 3.05) is 0 Å². The van der Waals surface area contributed by atoms with Gasteiger partial charge >= 0.3 is 0 Å².